The average Bonchev–Trinajstić information content (AvgIpc) is 3.47. The number of carbonyl (C=O) groups is 1. The zero-order valence-electron chi connectivity index (χ0n) is 15.9. The molecule has 0 radical (unpaired) electrons. The molecular weight excluding hydrogens is 336 g/mol. The summed E-state index contributed by atoms with van der Waals surface area (Å²) in [6.07, 6.45) is 2.34. The summed E-state index contributed by atoms with van der Waals surface area (Å²) < 4.78 is 0. The van der Waals surface area contributed by atoms with Gasteiger partial charge in [-0.3, -0.25) is 4.79 Å². The number of anilines is 2. The Bertz CT molecular complexity index is 928. The lowest BCUT2D eigenvalue weighted by molar-refractivity contribution is -0.117. The van der Waals surface area contributed by atoms with Gasteiger partial charge in [0.25, 0.3) is 0 Å². The standard InChI is InChI=1S/C22H24N4O/c1-13-6-5-7-20(24-13)25-21-14(2)22(16-8-9-16)26(15(3)27)19-11-10-17(23-4)12-18(19)21/h5-7,10-12,14,16,21-22H,8-9H2,1-3H3,(H,24,25)/t14-,21?,22-/m1/s1. The summed E-state index contributed by atoms with van der Waals surface area (Å²) in [7, 11) is 0. The number of rotatable bonds is 3. The van der Waals surface area contributed by atoms with Crippen LogP contribution in [0.2, 0.25) is 0 Å². The minimum absolute atomic E-state index is 0.0113. The Kier molecular flexibility index (Phi) is 4.35. The van der Waals surface area contributed by atoms with Gasteiger partial charge < -0.3 is 10.2 Å². The van der Waals surface area contributed by atoms with Crippen molar-refractivity contribution in [1.82, 2.24) is 4.98 Å². The van der Waals surface area contributed by atoms with Crippen LogP contribution in [0.4, 0.5) is 17.2 Å². The zero-order valence-corrected chi connectivity index (χ0v) is 15.9. The van der Waals surface area contributed by atoms with Crippen molar-refractivity contribution in [3.8, 4) is 0 Å². The van der Waals surface area contributed by atoms with Gasteiger partial charge in [0.2, 0.25) is 5.91 Å². The molecule has 1 aromatic carbocycles. The molecule has 1 N–H and O–H groups in total. The van der Waals surface area contributed by atoms with Gasteiger partial charge in [-0.25, -0.2) is 9.83 Å². The smallest absolute Gasteiger partial charge is 0.224 e. The molecule has 1 aliphatic heterocycles. The second-order valence-electron chi connectivity index (χ2n) is 7.72. The molecule has 0 spiro atoms. The molecule has 1 saturated carbocycles. The van der Waals surface area contributed by atoms with Gasteiger partial charge in [-0.1, -0.05) is 19.1 Å². The first-order valence-electron chi connectivity index (χ1n) is 9.51. The van der Waals surface area contributed by atoms with E-state index in [0.29, 0.717) is 11.6 Å². The largest absolute Gasteiger partial charge is 0.363 e. The molecule has 0 bridgehead atoms. The summed E-state index contributed by atoms with van der Waals surface area (Å²) in [5.41, 5.74) is 3.49. The zero-order chi connectivity index (χ0) is 19.1. The highest BCUT2D eigenvalue weighted by molar-refractivity contribution is 5.94. The van der Waals surface area contributed by atoms with Gasteiger partial charge in [-0.05, 0) is 55.5 Å². The van der Waals surface area contributed by atoms with Crippen LogP contribution in [0.25, 0.3) is 4.85 Å². The SMILES string of the molecule is [C-]#[N+]c1ccc2c(c1)C(Nc1cccc(C)n1)[C@@H](C)[C@H](C1CC1)N2C(C)=O. The third-order valence-corrected chi connectivity index (χ3v) is 5.73. The maximum absolute atomic E-state index is 12.5. The Labute approximate surface area is 160 Å². The van der Waals surface area contributed by atoms with Crippen molar-refractivity contribution in [1.29, 1.82) is 0 Å². The van der Waals surface area contributed by atoms with Crippen LogP contribution in [0.1, 0.15) is 44.0 Å². The Morgan fingerprint density at radius 1 is 1.30 bits per heavy atom. The van der Waals surface area contributed by atoms with Crippen molar-refractivity contribution in [3.63, 3.8) is 0 Å². The Hall–Kier alpha value is -2.87. The molecule has 5 nitrogen and oxygen atoms in total. The van der Waals surface area contributed by atoms with E-state index in [-0.39, 0.29) is 23.9 Å². The highest BCUT2D eigenvalue weighted by atomic mass is 16.2. The summed E-state index contributed by atoms with van der Waals surface area (Å²) in [6, 6.07) is 11.8. The van der Waals surface area contributed by atoms with Crippen molar-refractivity contribution in [2.24, 2.45) is 11.8 Å². The lowest BCUT2D eigenvalue weighted by atomic mass is 9.79. The fraction of sp³-hybridized carbons (Fsp3) is 0.409. The van der Waals surface area contributed by atoms with E-state index in [4.69, 9.17) is 6.57 Å². The summed E-state index contributed by atoms with van der Waals surface area (Å²) in [4.78, 5) is 22.7. The van der Waals surface area contributed by atoms with E-state index in [0.717, 1.165) is 22.8 Å². The molecular formula is C22H24N4O. The van der Waals surface area contributed by atoms with Crippen molar-refractivity contribution < 1.29 is 4.79 Å². The molecule has 3 atom stereocenters. The second-order valence-corrected chi connectivity index (χ2v) is 7.72. The highest BCUT2D eigenvalue weighted by Gasteiger charge is 2.47. The van der Waals surface area contributed by atoms with E-state index in [1.807, 2.05) is 48.2 Å². The average molecular weight is 360 g/mol. The number of carbonyl (C=O) groups excluding carboxylic acids is 1. The quantitative estimate of drug-likeness (QED) is 0.794. The van der Waals surface area contributed by atoms with E-state index >= 15 is 0 Å². The summed E-state index contributed by atoms with van der Waals surface area (Å²) in [5.74, 6) is 1.67. The van der Waals surface area contributed by atoms with Crippen LogP contribution in [0, 0.1) is 25.3 Å². The lowest BCUT2D eigenvalue weighted by Crippen LogP contribution is -2.51. The predicted octanol–water partition coefficient (Wildman–Crippen LogP) is 4.88. The first-order chi connectivity index (χ1) is 13.0. The molecule has 1 aliphatic carbocycles. The minimum atomic E-state index is 0.0113. The molecule has 1 unspecified atom stereocenters. The molecule has 138 valence electrons. The van der Waals surface area contributed by atoms with Crippen LogP contribution in [0.3, 0.4) is 0 Å². The van der Waals surface area contributed by atoms with Gasteiger partial charge in [0.1, 0.15) is 5.82 Å². The molecule has 1 amide bonds. The van der Waals surface area contributed by atoms with Crippen LogP contribution in [-0.2, 0) is 4.79 Å². The number of amides is 1. The van der Waals surface area contributed by atoms with Crippen molar-refractivity contribution >= 4 is 23.1 Å². The number of nitrogens with one attached hydrogen (secondary N) is 1. The molecule has 1 fully saturated rings. The van der Waals surface area contributed by atoms with E-state index in [2.05, 4.69) is 22.1 Å². The van der Waals surface area contributed by atoms with Gasteiger partial charge in [-0.2, -0.15) is 0 Å². The number of benzene rings is 1. The molecule has 2 aromatic rings. The maximum atomic E-state index is 12.5. The van der Waals surface area contributed by atoms with E-state index in [1.54, 1.807) is 6.92 Å². The molecule has 2 heterocycles. The van der Waals surface area contributed by atoms with E-state index in [9.17, 15) is 4.79 Å². The second kappa shape index (κ2) is 6.70. The first-order valence-corrected chi connectivity index (χ1v) is 9.51. The van der Waals surface area contributed by atoms with E-state index < -0.39 is 0 Å². The maximum Gasteiger partial charge on any atom is 0.224 e. The predicted molar refractivity (Wildman–Crippen MR) is 107 cm³/mol. The summed E-state index contributed by atoms with van der Waals surface area (Å²) in [5, 5.41) is 3.60. The molecule has 2 aliphatic rings. The van der Waals surface area contributed by atoms with Crippen LogP contribution in [0.15, 0.2) is 36.4 Å². The molecule has 4 rings (SSSR count). The molecule has 5 heteroatoms. The Morgan fingerprint density at radius 2 is 2.07 bits per heavy atom. The third kappa shape index (κ3) is 3.16. The first kappa shape index (κ1) is 17.5. The number of nitrogens with zero attached hydrogens (tertiary/aromatic N) is 3. The fourth-order valence-electron chi connectivity index (χ4n) is 4.41. The Morgan fingerprint density at radius 3 is 2.70 bits per heavy atom. The molecule has 27 heavy (non-hydrogen) atoms. The van der Waals surface area contributed by atoms with E-state index in [1.165, 1.54) is 12.8 Å². The number of aromatic nitrogens is 1. The highest BCUT2D eigenvalue weighted by Crippen LogP contribution is 2.50. The normalized spacial score (nSPS) is 24.1. The summed E-state index contributed by atoms with van der Waals surface area (Å²) >= 11 is 0. The van der Waals surface area contributed by atoms with Crippen molar-refractivity contribution in [2.45, 2.75) is 45.7 Å². The van der Waals surface area contributed by atoms with Gasteiger partial charge in [0, 0.05) is 30.3 Å². The number of pyridine rings is 1. The number of hydrogen-bond acceptors (Lipinski definition) is 3. The Balaban J connectivity index is 1.82. The molecule has 0 saturated heterocycles. The molecule has 1 aromatic heterocycles. The van der Waals surface area contributed by atoms with Crippen LogP contribution >= 0.6 is 0 Å². The topological polar surface area (TPSA) is 49.6 Å². The van der Waals surface area contributed by atoms with Crippen molar-refractivity contribution in [2.75, 3.05) is 10.2 Å². The number of hydrogen-bond donors (Lipinski definition) is 1. The fourth-order valence-corrected chi connectivity index (χ4v) is 4.41. The lowest BCUT2D eigenvalue weighted by Gasteiger charge is -2.46. The van der Waals surface area contributed by atoms with Crippen LogP contribution < -0.4 is 10.2 Å². The van der Waals surface area contributed by atoms with Crippen LogP contribution in [-0.4, -0.2) is 16.9 Å². The van der Waals surface area contributed by atoms with Gasteiger partial charge in [-0.15, -0.1) is 0 Å². The van der Waals surface area contributed by atoms with Crippen LogP contribution in [0.5, 0.6) is 0 Å². The minimum Gasteiger partial charge on any atom is -0.363 e. The van der Waals surface area contributed by atoms with Gasteiger partial charge >= 0.3 is 0 Å². The monoisotopic (exact) mass is 360 g/mol. The van der Waals surface area contributed by atoms with Crippen molar-refractivity contribution in [3.05, 3.63) is 59.1 Å². The number of aryl methyl sites for hydroxylation is 1. The number of fused-ring (bicyclic) bond motifs is 1. The van der Waals surface area contributed by atoms with Gasteiger partial charge in [0.15, 0.2) is 5.69 Å². The van der Waals surface area contributed by atoms with Gasteiger partial charge in [0.05, 0.1) is 12.6 Å². The summed E-state index contributed by atoms with van der Waals surface area (Å²) in [6.45, 7) is 13.2. The third-order valence-electron chi connectivity index (χ3n) is 5.73.